The van der Waals surface area contributed by atoms with Crippen molar-refractivity contribution >= 4 is 11.8 Å². The number of carbonyl (C=O) groups is 2. The molecular formula is C27H51N3O6. The van der Waals surface area contributed by atoms with Crippen LogP contribution in [-0.2, 0) is 19.1 Å². The number of rotatable bonds is 7. The molecule has 0 aromatic carbocycles. The van der Waals surface area contributed by atoms with Gasteiger partial charge in [0.25, 0.3) is 0 Å². The van der Waals surface area contributed by atoms with Gasteiger partial charge in [-0.15, -0.1) is 0 Å². The monoisotopic (exact) mass is 513 g/mol. The standard InChI is InChI=1S/C27H51N3O6/c1-9-23-27(5,34)24(32)19(3)30(8)17-20-15-26(4,12-11-21(31)18(2)25(33)35-23)36-22(20)16-28-13-10-14-29(6)7/h18-20,22-24,28,32,34H,9-17H2,1-8H3/t18-,19-,20-,22?,23-,24-,26+,27-/m1/s1. The highest BCUT2D eigenvalue weighted by Gasteiger charge is 2.48. The number of cyclic esters (lactones) is 1. The second-order valence-corrected chi connectivity index (χ2v) is 11.8. The zero-order valence-electron chi connectivity index (χ0n) is 23.7. The molecule has 0 aromatic heterocycles. The second kappa shape index (κ2) is 13.1. The van der Waals surface area contributed by atoms with Crippen LogP contribution in [0.25, 0.3) is 0 Å². The molecule has 9 nitrogen and oxygen atoms in total. The first-order chi connectivity index (χ1) is 16.7. The first-order valence-electron chi connectivity index (χ1n) is 13.6. The van der Waals surface area contributed by atoms with Gasteiger partial charge in [-0.05, 0) is 87.6 Å². The van der Waals surface area contributed by atoms with Crippen molar-refractivity contribution in [2.45, 2.75) is 102 Å². The molecule has 2 rings (SSSR count). The number of hydrogen-bond acceptors (Lipinski definition) is 9. The third-order valence-corrected chi connectivity index (χ3v) is 8.25. The summed E-state index contributed by atoms with van der Waals surface area (Å²) in [6.45, 7) is 12.1. The molecule has 0 saturated carbocycles. The van der Waals surface area contributed by atoms with Crippen LogP contribution in [0.2, 0.25) is 0 Å². The van der Waals surface area contributed by atoms with Crippen LogP contribution in [0.15, 0.2) is 0 Å². The smallest absolute Gasteiger partial charge is 0.316 e. The van der Waals surface area contributed by atoms with Gasteiger partial charge in [0.2, 0.25) is 0 Å². The lowest BCUT2D eigenvalue weighted by Gasteiger charge is -2.42. The van der Waals surface area contributed by atoms with Crippen molar-refractivity contribution in [3.63, 3.8) is 0 Å². The summed E-state index contributed by atoms with van der Waals surface area (Å²) < 4.78 is 12.1. The average molecular weight is 514 g/mol. The first kappa shape index (κ1) is 31.1. The van der Waals surface area contributed by atoms with Crippen molar-refractivity contribution in [3.8, 4) is 0 Å². The Morgan fingerprint density at radius 1 is 1.22 bits per heavy atom. The molecule has 210 valence electrons. The molecule has 2 saturated heterocycles. The summed E-state index contributed by atoms with van der Waals surface area (Å²) in [5.74, 6) is -1.60. The van der Waals surface area contributed by atoms with Crippen LogP contribution in [0.1, 0.15) is 66.7 Å². The van der Waals surface area contributed by atoms with E-state index in [0.717, 1.165) is 25.9 Å². The van der Waals surface area contributed by atoms with Crippen molar-refractivity contribution in [1.82, 2.24) is 15.1 Å². The van der Waals surface area contributed by atoms with Gasteiger partial charge in [0.15, 0.2) is 0 Å². The van der Waals surface area contributed by atoms with Crippen molar-refractivity contribution in [2.75, 3.05) is 47.3 Å². The Labute approximate surface area is 217 Å². The number of ether oxygens (including phenoxy) is 2. The van der Waals surface area contributed by atoms with Crippen LogP contribution >= 0.6 is 0 Å². The third kappa shape index (κ3) is 7.95. The first-order valence-corrected chi connectivity index (χ1v) is 13.6. The Kier molecular flexibility index (Phi) is 11.3. The van der Waals surface area contributed by atoms with Gasteiger partial charge in [0, 0.05) is 31.5 Å². The van der Waals surface area contributed by atoms with E-state index in [1.165, 1.54) is 6.92 Å². The van der Waals surface area contributed by atoms with Crippen molar-refractivity contribution in [3.05, 3.63) is 0 Å². The third-order valence-electron chi connectivity index (χ3n) is 8.25. The predicted octanol–water partition coefficient (Wildman–Crippen LogP) is 1.44. The van der Waals surface area contributed by atoms with Crippen LogP contribution in [0, 0.1) is 11.8 Å². The number of aliphatic hydroxyl groups excluding tert-OH is 1. The molecule has 0 radical (unpaired) electrons. The molecule has 0 spiro atoms. The van der Waals surface area contributed by atoms with Gasteiger partial charge in [-0.2, -0.15) is 0 Å². The van der Waals surface area contributed by atoms with E-state index in [1.807, 2.05) is 14.0 Å². The van der Waals surface area contributed by atoms with Gasteiger partial charge in [-0.25, -0.2) is 0 Å². The van der Waals surface area contributed by atoms with Crippen LogP contribution in [0.5, 0.6) is 0 Å². The molecule has 9 heteroatoms. The second-order valence-electron chi connectivity index (χ2n) is 11.8. The number of nitrogens with one attached hydrogen (secondary N) is 1. The summed E-state index contributed by atoms with van der Waals surface area (Å²) in [6, 6.07) is -0.391. The summed E-state index contributed by atoms with van der Waals surface area (Å²) in [6.07, 6.45) is 0.795. The van der Waals surface area contributed by atoms with Gasteiger partial charge in [0.1, 0.15) is 29.5 Å². The fourth-order valence-electron chi connectivity index (χ4n) is 5.56. The number of nitrogens with zero attached hydrogens (tertiary/aromatic N) is 2. The van der Waals surface area contributed by atoms with E-state index in [0.29, 0.717) is 25.9 Å². The topological polar surface area (TPSA) is 112 Å². The van der Waals surface area contributed by atoms with Gasteiger partial charge in [0.05, 0.1) is 11.7 Å². The molecule has 3 N–H and O–H groups in total. The fraction of sp³-hybridized carbons (Fsp3) is 0.926. The number of Topliss-reactive ketones (excluding diaryl/α,β-unsaturated/α-hetero) is 1. The minimum Gasteiger partial charge on any atom is -0.459 e. The maximum absolute atomic E-state index is 12.9. The molecule has 2 heterocycles. The Balaban J connectivity index is 2.26. The number of aliphatic hydroxyl groups is 2. The summed E-state index contributed by atoms with van der Waals surface area (Å²) in [5, 5.41) is 26.0. The molecular weight excluding hydrogens is 462 g/mol. The molecule has 2 aliphatic rings. The number of likely N-dealkylation sites (N-methyl/N-ethyl adjacent to an activating group) is 1. The maximum Gasteiger partial charge on any atom is 0.316 e. The Hall–Kier alpha value is -1.10. The summed E-state index contributed by atoms with van der Waals surface area (Å²) in [7, 11) is 6.07. The van der Waals surface area contributed by atoms with Crippen LogP contribution in [0.3, 0.4) is 0 Å². The van der Waals surface area contributed by atoms with Gasteiger partial charge < -0.3 is 34.8 Å². The van der Waals surface area contributed by atoms with Crippen LogP contribution in [-0.4, -0.2) is 115 Å². The van der Waals surface area contributed by atoms with E-state index in [2.05, 4.69) is 36.1 Å². The maximum atomic E-state index is 12.9. The summed E-state index contributed by atoms with van der Waals surface area (Å²) in [5.41, 5.74) is -2.14. The Morgan fingerprint density at radius 3 is 2.50 bits per heavy atom. The fourth-order valence-corrected chi connectivity index (χ4v) is 5.56. The van der Waals surface area contributed by atoms with Crippen molar-refractivity contribution in [2.24, 2.45) is 11.8 Å². The number of hydrogen-bond donors (Lipinski definition) is 3. The molecule has 0 aliphatic carbocycles. The summed E-state index contributed by atoms with van der Waals surface area (Å²) >= 11 is 0. The Bertz CT molecular complexity index is 732. The highest BCUT2D eigenvalue weighted by atomic mass is 16.6. The highest BCUT2D eigenvalue weighted by molar-refractivity contribution is 5.98. The number of fused-ring (bicyclic) bond motifs is 2. The minimum absolute atomic E-state index is 0.0320. The average Bonchev–Trinajstić information content (AvgIpc) is 3.13. The molecule has 2 bridgehead atoms. The van der Waals surface area contributed by atoms with E-state index in [1.54, 1.807) is 13.8 Å². The molecule has 2 aliphatic heterocycles. The van der Waals surface area contributed by atoms with Crippen molar-refractivity contribution < 1.29 is 29.3 Å². The molecule has 0 amide bonds. The molecule has 8 atom stereocenters. The van der Waals surface area contributed by atoms with E-state index in [9.17, 15) is 19.8 Å². The minimum atomic E-state index is -1.67. The van der Waals surface area contributed by atoms with Crippen LogP contribution < -0.4 is 5.32 Å². The number of esters is 1. The normalized spacial score (nSPS) is 39.6. The van der Waals surface area contributed by atoms with Gasteiger partial charge in [-0.1, -0.05) is 6.92 Å². The largest absolute Gasteiger partial charge is 0.459 e. The van der Waals surface area contributed by atoms with Crippen molar-refractivity contribution in [1.29, 1.82) is 0 Å². The van der Waals surface area contributed by atoms with E-state index in [-0.39, 0.29) is 24.2 Å². The van der Waals surface area contributed by atoms with E-state index in [4.69, 9.17) is 9.47 Å². The molecule has 36 heavy (non-hydrogen) atoms. The number of ketones is 1. The zero-order chi connectivity index (χ0) is 27.3. The van der Waals surface area contributed by atoms with E-state index < -0.39 is 41.3 Å². The molecule has 0 aromatic rings. The predicted molar refractivity (Wildman–Crippen MR) is 140 cm³/mol. The molecule has 1 unspecified atom stereocenters. The Morgan fingerprint density at radius 2 is 1.89 bits per heavy atom. The lowest BCUT2D eigenvalue weighted by Crippen LogP contribution is -2.59. The lowest BCUT2D eigenvalue weighted by molar-refractivity contribution is -0.189. The van der Waals surface area contributed by atoms with E-state index >= 15 is 0 Å². The quantitative estimate of drug-likeness (QED) is 0.265. The van der Waals surface area contributed by atoms with Crippen LogP contribution in [0.4, 0.5) is 0 Å². The molecule has 2 fully saturated rings. The zero-order valence-corrected chi connectivity index (χ0v) is 23.7. The lowest BCUT2D eigenvalue weighted by atomic mass is 9.85. The number of carbonyl (C=O) groups excluding carboxylic acids is 2. The summed E-state index contributed by atoms with van der Waals surface area (Å²) in [4.78, 5) is 29.9. The highest BCUT2D eigenvalue weighted by Crippen LogP contribution is 2.39. The SMILES string of the molecule is CC[C@H]1OC(=O)[C@H](C)C(=O)CC[C@@]2(C)C[C@H](CN(C)[C@H](C)[C@@H](O)[C@]1(C)O)C(CNCCCN(C)C)O2. The van der Waals surface area contributed by atoms with Gasteiger partial charge in [-0.3, -0.25) is 9.59 Å². The van der Waals surface area contributed by atoms with Gasteiger partial charge >= 0.3 is 5.97 Å².